The number of halogens is 2. The number of carbonyl (C=O) groups is 2. The number of hydrogen-bond donors (Lipinski definition) is 1. The van der Waals surface area contributed by atoms with E-state index in [0.29, 0.717) is 16.3 Å². The minimum Gasteiger partial charge on any atom is -0.457 e. The van der Waals surface area contributed by atoms with E-state index in [4.69, 9.17) is 32.4 Å². The van der Waals surface area contributed by atoms with Gasteiger partial charge in [-0.05, 0) is 60.2 Å². The van der Waals surface area contributed by atoms with E-state index in [1.165, 1.54) is 30.7 Å². The third-order valence-corrected chi connectivity index (χ3v) is 3.92. The van der Waals surface area contributed by atoms with E-state index < -0.39 is 11.9 Å². The summed E-state index contributed by atoms with van der Waals surface area (Å²) in [4.78, 5) is 23.8. The predicted octanol–water partition coefficient (Wildman–Crippen LogP) is 4.57. The van der Waals surface area contributed by atoms with Gasteiger partial charge in [-0.3, -0.25) is 4.79 Å². The highest BCUT2D eigenvalue weighted by molar-refractivity contribution is 6.36. The Labute approximate surface area is 164 Å². The molecule has 0 aliphatic carbocycles. The normalized spacial score (nSPS) is 10.7. The summed E-state index contributed by atoms with van der Waals surface area (Å²) in [5, 5.41) is 4.55. The Kier molecular flexibility index (Phi) is 5.90. The second-order valence-corrected chi connectivity index (χ2v) is 6.10. The van der Waals surface area contributed by atoms with E-state index >= 15 is 0 Å². The number of esters is 1. The van der Waals surface area contributed by atoms with Crippen LogP contribution < -0.4 is 10.2 Å². The number of hydrazone groups is 1. The summed E-state index contributed by atoms with van der Waals surface area (Å²) in [5.41, 5.74) is 3.33. The van der Waals surface area contributed by atoms with Crippen LogP contribution in [0.4, 0.5) is 0 Å². The first-order chi connectivity index (χ1) is 13.0. The minimum atomic E-state index is -0.589. The summed E-state index contributed by atoms with van der Waals surface area (Å²) in [6.45, 7) is 0. The molecule has 0 saturated carbocycles. The Morgan fingerprint density at radius 3 is 2.52 bits per heavy atom. The summed E-state index contributed by atoms with van der Waals surface area (Å²) in [6.07, 6.45) is 2.83. The maximum Gasteiger partial charge on any atom is 0.379 e. The monoisotopic (exact) mass is 402 g/mol. The van der Waals surface area contributed by atoms with E-state index in [2.05, 4.69) is 10.5 Å². The highest BCUT2D eigenvalue weighted by atomic mass is 35.5. The van der Waals surface area contributed by atoms with Gasteiger partial charge in [0.15, 0.2) is 0 Å². The maximum absolute atomic E-state index is 12.0. The van der Waals surface area contributed by atoms with Gasteiger partial charge < -0.3 is 9.15 Å². The number of nitrogens with one attached hydrogen (secondary N) is 1. The van der Waals surface area contributed by atoms with Crippen LogP contribution in [0.15, 0.2) is 70.4 Å². The number of ether oxygens (including phenoxy) is 1. The van der Waals surface area contributed by atoms with Gasteiger partial charge in [-0.25, -0.2) is 10.2 Å². The molecule has 3 rings (SSSR count). The zero-order valence-electron chi connectivity index (χ0n) is 13.7. The molecule has 1 aromatic heterocycles. The highest BCUT2D eigenvalue weighted by Crippen LogP contribution is 2.20. The summed E-state index contributed by atoms with van der Waals surface area (Å²) < 4.78 is 10.1. The molecule has 0 unspecified atom stereocenters. The van der Waals surface area contributed by atoms with E-state index in [-0.39, 0.29) is 16.3 Å². The van der Waals surface area contributed by atoms with Crippen LogP contribution in [0.5, 0.6) is 5.75 Å². The summed E-state index contributed by atoms with van der Waals surface area (Å²) in [5.74, 6) is -0.583. The Morgan fingerprint density at radius 2 is 1.85 bits per heavy atom. The van der Waals surface area contributed by atoms with Crippen molar-refractivity contribution in [2.75, 3.05) is 0 Å². The molecule has 1 amide bonds. The molecular weight excluding hydrogens is 391 g/mol. The first-order valence-corrected chi connectivity index (χ1v) is 8.43. The Morgan fingerprint density at radius 1 is 1.07 bits per heavy atom. The van der Waals surface area contributed by atoms with Crippen LogP contribution in [-0.4, -0.2) is 18.1 Å². The van der Waals surface area contributed by atoms with Gasteiger partial charge in [0.1, 0.15) is 5.75 Å². The average Bonchev–Trinajstić information content (AvgIpc) is 3.18. The van der Waals surface area contributed by atoms with Gasteiger partial charge in [0.2, 0.25) is 5.76 Å². The fourth-order valence-corrected chi connectivity index (χ4v) is 2.57. The second-order valence-electron chi connectivity index (χ2n) is 5.26. The van der Waals surface area contributed by atoms with E-state index in [9.17, 15) is 9.59 Å². The van der Waals surface area contributed by atoms with Crippen LogP contribution in [-0.2, 0) is 0 Å². The molecule has 0 saturated heterocycles. The fourth-order valence-electron chi connectivity index (χ4n) is 2.07. The van der Waals surface area contributed by atoms with Gasteiger partial charge in [0.05, 0.1) is 23.1 Å². The predicted molar refractivity (Wildman–Crippen MR) is 102 cm³/mol. The molecule has 0 bridgehead atoms. The van der Waals surface area contributed by atoms with Gasteiger partial charge in [-0.1, -0.05) is 23.2 Å². The average molecular weight is 403 g/mol. The SMILES string of the molecule is O=C(Oc1ccc(/C=N/NC(=O)c2ccc(Cl)cc2Cl)cc1)c1ccco1. The van der Waals surface area contributed by atoms with Crippen molar-refractivity contribution in [3.63, 3.8) is 0 Å². The van der Waals surface area contributed by atoms with Crippen molar-refractivity contribution in [3.05, 3.63) is 87.8 Å². The number of benzene rings is 2. The van der Waals surface area contributed by atoms with E-state index in [1.54, 1.807) is 36.4 Å². The van der Waals surface area contributed by atoms with Crippen molar-refractivity contribution in [1.29, 1.82) is 0 Å². The van der Waals surface area contributed by atoms with Crippen LogP contribution >= 0.6 is 23.2 Å². The standard InChI is InChI=1S/C19H12Cl2N2O4/c20-13-5-8-15(16(21)10-13)18(24)23-22-11-12-3-6-14(7-4-12)27-19(25)17-2-1-9-26-17/h1-11H,(H,23,24)/b22-11+. The lowest BCUT2D eigenvalue weighted by molar-refractivity contribution is 0.0701. The smallest absolute Gasteiger partial charge is 0.379 e. The number of furan rings is 1. The van der Waals surface area contributed by atoms with E-state index in [0.717, 1.165) is 0 Å². The lowest BCUT2D eigenvalue weighted by Crippen LogP contribution is -2.18. The largest absolute Gasteiger partial charge is 0.457 e. The van der Waals surface area contributed by atoms with Crippen LogP contribution in [0.2, 0.25) is 10.0 Å². The third-order valence-electron chi connectivity index (χ3n) is 3.37. The van der Waals surface area contributed by atoms with Crippen molar-refractivity contribution in [2.45, 2.75) is 0 Å². The van der Waals surface area contributed by atoms with E-state index in [1.807, 2.05) is 0 Å². The molecule has 0 radical (unpaired) electrons. The molecular formula is C19H12Cl2N2O4. The van der Waals surface area contributed by atoms with Crippen molar-refractivity contribution < 1.29 is 18.7 Å². The molecule has 8 heteroatoms. The zero-order valence-corrected chi connectivity index (χ0v) is 15.2. The molecule has 0 spiro atoms. The first kappa shape index (κ1) is 18.7. The molecule has 1 heterocycles. The number of rotatable bonds is 5. The zero-order chi connectivity index (χ0) is 19.2. The fraction of sp³-hybridized carbons (Fsp3) is 0. The second kappa shape index (κ2) is 8.53. The van der Waals surface area contributed by atoms with Crippen molar-refractivity contribution >= 4 is 41.3 Å². The lowest BCUT2D eigenvalue weighted by atomic mass is 10.2. The molecule has 2 aromatic carbocycles. The number of hydrogen-bond acceptors (Lipinski definition) is 5. The Balaban J connectivity index is 1.57. The molecule has 0 fully saturated rings. The van der Waals surface area contributed by atoms with Crippen molar-refractivity contribution in [3.8, 4) is 5.75 Å². The number of amides is 1. The summed E-state index contributed by atoms with van der Waals surface area (Å²) in [6, 6.07) is 14.2. The minimum absolute atomic E-state index is 0.115. The van der Waals surface area contributed by atoms with Crippen molar-refractivity contribution in [2.24, 2.45) is 5.10 Å². The Hall–Kier alpha value is -3.09. The molecule has 136 valence electrons. The molecule has 0 aliphatic heterocycles. The molecule has 6 nitrogen and oxygen atoms in total. The van der Waals surface area contributed by atoms with Gasteiger partial charge >= 0.3 is 5.97 Å². The molecule has 0 atom stereocenters. The highest BCUT2D eigenvalue weighted by Gasteiger charge is 2.11. The topological polar surface area (TPSA) is 80.9 Å². The van der Waals surface area contributed by atoms with Gasteiger partial charge in [0, 0.05) is 5.02 Å². The van der Waals surface area contributed by atoms with Gasteiger partial charge in [-0.2, -0.15) is 5.10 Å². The third kappa shape index (κ3) is 4.97. The molecule has 27 heavy (non-hydrogen) atoms. The molecule has 1 N–H and O–H groups in total. The van der Waals surface area contributed by atoms with Crippen molar-refractivity contribution in [1.82, 2.24) is 5.43 Å². The van der Waals surface area contributed by atoms with Crippen LogP contribution in [0.25, 0.3) is 0 Å². The Bertz CT molecular complexity index is 983. The van der Waals surface area contributed by atoms with Crippen LogP contribution in [0.3, 0.4) is 0 Å². The summed E-state index contributed by atoms with van der Waals surface area (Å²) in [7, 11) is 0. The summed E-state index contributed by atoms with van der Waals surface area (Å²) >= 11 is 11.8. The molecule has 3 aromatic rings. The first-order valence-electron chi connectivity index (χ1n) is 7.67. The number of carbonyl (C=O) groups excluding carboxylic acids is 2. The van der Waals surface area contributed by atoms with Crippen LogP contribution in [0, 0.1) is 0 Å². The quantitative estimate of drug-likeness (QED) is 0.293. The maximum atomic E-state index is 12.0. The van der Waals surface area contributed by atoms with Gasteiger partial charge in [0.25, 0.3) is 5.91 Å². The lowest BCUT2D eigenvalue weighted by Gasteiger charge is -2.03. The van der Waals surface area contributed by atoms with Gasteiger partial charge in [-0.15, -0.1) is 0 Å². The van der Waals surface area contributed by atoms with Crippen LogP contribution in [0.1, 0.15) is 26.5 Å². The number of nitrogens with zero attached hydrogens (tertiary/aromatic N) is 1. The molecule has 0 aliphatic rings.